The number of hydrogen-bond acceptors (Lipinski definition) is 3. The van der Waals surface area contributed by atoms with Crippen molar-refractivity contribution in [2.24, 2.45) is 5.92 Å². The van der Waals surface area contributed by atoms with Crippen LogP contribution in [0.5, 0.6) is 0 Å². The monoisotopic (exact) mass is 504 g/mol. The van der Waals surface area contributed by atoms with Crippen molar-refractivity contribution in [1.29, 1.82) is 0 Å². The van der Waals surface area contributed by atoms with Gasteiger partial charge in [-0.2, -0.15) is 13.2 Å². The number of rotatable bonds is 5. The first-order valence-electron chi connectivity index (χ1n) is 10.6. The molecule has 184 valence electrons. The molecule has 1 aliphatic rings. The molecule has 0 saturated heterocycles. The van der Waals surface area contributed by atoms with Crippen LogP contribution in [-0.2, 0) is 0 Å². The third kappa shape index (κ3) is 6.25. The van der Waals surface area contributed by atoms with Crippen molar-refractivity contribution < 1.29 is 35.9 Å². The Hall–Kier alpha value is -2.69. The predicted octanol–water partition coefficient (Wildman–Crippen LogP) is 6.99. The topological polar surface area (TPSA) is 40.6 Å². The van der Waals surface area contributed by atoms with Gasteiger partial charge in [-0.3, -0.25) is 14.6 Å². The lowest BCUT2D eigenvalue weighted by Gasteiger charge is -2.31. The second-order valence-corrected chi connectivity index (χ2v) is 9.16. The number of hydrogen-bond donors (Lipinski definition) is 0. The molecule has 0 radical (unpaired) electrons. The molecule has 4 nitrogen and oxygen atoms in total. The molecule has 0 bridgehead atoms. The zero-order valence-electron chi connectivity index (χ0n) is 18.2. The van der Waals surface area contributed by atoms with Gasteiger partial charge in [-0.15, -0.1) is 0 Å². The van der Waals surface area contributed by atoms with Gasteiger partial charge in [0.25, 0.3) is 5.91 Å². The van der Waals surface area contributed by atoms with Crippen LogP contribution in [0.4, 0.5) is 36.8 Å². The molecule has 3 rings (SSSR count). The summed E-state index contributed by atoms with van der Waals surface area (Å²) in [5.41, 5.74) is -5.91. The molecule has 0 spiro atoms. The Morgan fingerprint density at radius 3 is 2.15 bits per heavy atom. The Bertz CT molecular complexity index is 1040. The van der Waals surface area contributed by atoms with Crippen LogP contribution in [0.3, 0.4) is 0 Å². The summed E-state index contributed by atoms with van der Waals surface area (Å²) < 4.78 is 80.9. The summed E-state index contributed by atoms with van der Waals surface area (Å²) in [4.78, 5) is 27.4. The molecular formula is C23H22F6N2O2S. The van der Waals surface area contributed by atoms with E-state index in [4.69, 9.17) is 0 Å². The fourth-order valence-corrected chi connectivity index (χ4v) is 4.52. The van der Waals surface area contributed by atoms with Gasteiger partial charge in [0.2, 0.25) is 0 Å². The Morgan fingerprint density at radius 1 is 0.971 bits per heavy atom. The maximum absolute atomic E-state index is 14.6. The van der Waals surface area contributed by atoms with Crippen LogP contribution in [0.1, 0.15) is 42.5 Å². The first kappa shape index (κ1) is 25.9. The van der Waals surface area contributed by atoms with E-state index in [9.17, 15) is 35.9 Å². The molecule has 1 aliphatic carbocycles. The smallest absolute Gasteiger partial charge is 0.294 e. The van der Waals surface area contributed by atoms with Crippen molar-refractivity contribution in [3.05, 3.63) is 59.4 Å². The maximum atomic E-state index is 14.6. The van der Waals surface area contributed by atoms with E-state index >= 15 is 0 Å². The number of nitrogens with zero attached hydrogens (tertiary/aromatic N) is 2. The molecule has 0 aromatic heterocycles. The number of imide groups is 1. The fraction of sp³-hybridized carbons (Fsp3) is 0.391. The van der Waals surface area contributed by atoms with Gasteiger partial charge in [0.15, 0.2) is 0 Å². The summed E-state index contributed by atoms with van der Waals surface area (Å²) in [7, 11) is 1.14. The molecule has 0 N–H and O–H groups in total. The van der Waals surface area contributed by atoms with Gasteiger partial charge in [-0.1, -0.05) is 25.3 Å². The summed E-state index contributed by atoms with van der Waals surface area (Å²) in [6.07, 6.45) is 4.15. The quantitative estimate of drug-likeness (QED) is 0.325. The molecule has 34 heavy (non-hydrogen) atoms. The molecule has 1 fully saturated rings. The first-order chi connectivity index (χ1) is 16.0. The number of halogens is 6. The standard InChI is InChI=1S/C23H22F6N2O2S/c1-30(19-11-10-15(12-18(19)26)34-23(27,28)29)22(33)31(13-14-6-3-2-4-7-14)21(32)20-16(24)8-5-9-17(20)25/h5,8-12,14H,2-4,6-7,13H2,1H3. The molecule has 3 amide bonds. The Balaban J connectivity index is 1.92. The highest BCUT2D eigenvalue weighted by Crippen LogP contribution is 2.38. The average molecular weight is 504 g/mol. The number of anilines is 1. The van der Waals surface area contributed by atoms with Crippen LogP contribution < -0.4 is 4.90 Å². The van der Waals surface area contributed by atoms with Gasteiger partial charge in [-0.25, -0.2) is 18.0 Å². The summed E-state index contributed by atoms with van der Waals surface area (Å²) in [5.74, 6) is -4.71. The third-order valence-corrected chi connectivity index (χ3v) is 6.34. The van der Waals surface area contributed by atoms with E-state index in [0.717, 1.165) is 61.5 Å². The molecule has 2 aromatic rings. The molecule has 2 aromatic carbocycles. The second kappa shape index (κ2) is 10.7. The summed E-state index contributed by atoms with van der Waals surface area (Å²) >= 11 is -0.513. The van der Waals surface area contributed by atoms with Crippen LogP contribution in [0, 0.1) is 23.4 Å². The van der Waals surface area contributed by atoms with Gasteiger partial charge in [-0.05, 0) is 60.9 Å². The second-order valence-electron chi connectivity index (χ2n) is 8.02. The SMILES string of the molecule is CN(C(=O)N(CC1CCCCC1)C(=O)c1c(F)cccc1F)c1ccc(SC(F)(F)F)cc1F. The summed E-state index contributed by atoms with van der Waals surface area (Å²) in [6.45, 7) is -0.126. The number of alkyl halides is 3. The molecule has 0 unspecified atom stereocenters. The van der Waals surface area contributed by atoms with Crippen LogP contribution in [0.15, 0.2) is 41.3 Å². The van der Waals surface area contributed by atoms with Gasteiger partial charge < -0.3 is 0 Å². The normalized spacial score (nSPS) is 14.7. The minimum Gasteiger partial charge on any atom is -0.294 e. The number of carbonyl (C=O) groups excluding carboxylic acids is 2. The maximum Gasteiger partial charge on any atom is 0.446 e. The van der Waals surface area contributed by atoms with E-state index in [2.05, 4.69) is 0 Å². The van der Waals surface area contributed by atoms with Gasteiger partial charge in [0.1, 0.15) is 23.0 Å². The molecule has 1 saturated carbocycles. The van der Waals surface area contributed by atoms with Crippen LogP contribution in [-0.4, -0.2) is 35.9 Å². The van der Waals surface area contributed by atoms with E-state index in [1.165, 1.54) is 0 Å². The summed E-state index contributed by atoms with van der Waals surface area (Å²) in [5, 5.41) is 0. The predicted molar refractivity (Wildman–Crippen MR) is 116 cm³/mol. The minimum absolute atomic E-state index is 0.0970. The number of carbonyl (C=O) groups is 2. The average Bonchev–Trinajstić information content (AvgIpc) is 2.76. The number of amides is 3. The van der Waals surface area contributed by atoms with Gasteiger partial charge in [0.05, 0.1) is 5.69 Å². The molecule has 0 heterocycles. The number of benzene rings is 2. The van der Waals surface area contributed by atoms with E-state index in [1.54, 1.807) is 0 Å². The molecule has 0 aliphatic heterocycles. The van der Waals surface area contributed by atoms with Crippen molar-refractivity contribution in [2.75, 3.05) is 18.5 Å². The zero-order valence-corrected chi connectivity index (χ0v) is 19.0. The lowest BCUT2D eigenvalue weighted by molar-refractivity contribution is -0.0328. The van der Waals surface area contributed by atoms with Crippen molar-refractivity contribution in [3.8, 4) is 0 Å². The third-order valence-electron chi connectivity index (χ3n) is 5.62. The van der Waals surface area contributed by atoms with Crippen molar-refractivity contribution in [1.82, 2.24) is 4.90 Å². The van der Waals surface area contributed by atoms with Crippen molar-refractivity contribution in [2.45, 2.75) is 42.5 Å². The highest BCUT2D eigenvalue weighted by molar-refractivity contribution is 8.00. The highest BCUT2D eigenvalue weighted by Gasteiger charge is 2.34. The van der Waals surface area contributed by atoms with Crippen LogP contribution >= 0.6 is 11.8 Å². The van der Waals surface area contributed by atoms with Crippen molar-refractivity contribution >= 4 is 29.4 Å². The molecule has 11 heteroatoms. The summed E-state index contributed by atoms with van der Waals surface area (Å²) in [6, 6.07) is 4.41. The highest BCUT2D eigenvalue weighted by atomic mass is 32.2. The van der Waals surface area contributed by atoms with Crippen molar-refractivity contribution in [3.63, 3.8) is 0 Å². The van der Waals surface area contributed by atoms with E-state index in [0.29, 0.717) is 23.8 Å². The first-order valence-corrected chi connectivity index (χ1v) is 11.4. The van der Waals surface area contributed by atoms with E-state index in [1.807, 2.05) is 0 Å². The van der Waals surface area contributed by atoms with Gasteiger partial charge in [0, 0.05) is 18.5 Å². The van der Waals surface area contributed by atoms with E-state index < -0.39 is 57.1 Å². The number of urea groups is 1. The zero-order chi connectivity index (χ0) is 25.0. The lowest BCUT2D eigenvalue weighted by atomic mass is 9.89. The Labute approximate surface area is 196 Å². The largest absolute Gasteiger partial charge is 0.446 e. The Morgan fingerprint density at radius 2 is 1.59 bits per heavy atom. The van der Waals surface area contributed by atoms with Gasteiger partial charge >= 0.3 is 11.5 Å². The van der Waals surface area contributed by atoms with Crippen LogP contribution in [0.2, 0.25) is 0 Å². The molecule has 0 atom stereocenters. The lowest BCUT2D eigenvalue weighted by Crippen LogP contribution is -2.48. The fourth-order valence-electron chi connectivity index (χ4n) is 3.95. The van der Waals surface area contributed by atoms with E-state index in [-0.39, 0.29) is 18.2 Å². The molecular weight excluding hydrogens is 482 g/mol. The Kier molecular flexibility index (Phi) is 8.17. The van der Waals surface area contributed by atoms with Crippen LogP contribution in [0.25, 0.3) is 0 Å². The minimum atomic E-state index is -4.62. The number of thioether (sulfide) groups is 1.